The van der Waals surface area contributed by atoms with Gasteiger partial charge in [-0.1, -0.05) is 49.7 Å². The van der Waals surface area contributed by atoms with Crippen LogP contribution in [0, 0.1) is 0 Å². The number of alkyl halides is 3. The fraction of sp³-hybridized carbons (Fsp3) is 0.333. The molecular formula is C30H34F3N3O5S. The molecule has 3 rings (SSSR count). The number of carbonyl (C=O) groups is 2. The molecule has 0 fully saturated rings. The number of benzene rings is 3. The third-order valence-corrected chi connectivity index (χ3v) is 8.34. The van der Waals surface area contributed by atoms with Gasteiger partial charge in [0.1, 0.15) is 18.3 Å². The van der Waals surface area contributed by atoms with E-state index in [2.05, 4.69) is 5.32 Å². The summed E-state index contributed by atoms with van der Waals surface area (Å²) in [6.45, 7) is 2.93. The van der Waals surface area contributed by atoms with Crippen LogP contribution in [0.15, 0.2) is 83.8 Å². The summed E-state index contributed by atoms with van der Waals surface area (Å²) in [5.74, 6) is -0.721. The number of nitrogens with zero attached hydrogens (tertiary/aromatic N) is 2. The summed E-state index contributed by atoms with van der Waals surface area (Å²) in [7, 11) is -3.01. The van der Waals surface area contributed by atoms with Crippen molar-refractivity contribution in [2.24, 2.45) is 0 Å². The van der Waals surface area contributed by atoms with E-state index in [4.69, 9.17) is 4.74 Å². The Morgan fingerprint density at radius 1 is 0.976 bits per heavy atom. The Bertz CT molecular complexity index is 1470. The second-order valence-electron chi connectivity index (χ2n) is 9.57. The molecule has 0 spiro atoms. The number of anilines is 1. The lowest BCUT2D eigenvalue weighted by Crippen LogP contribution is -2.51. The van der Waals surface area contributed by atoms with E-state index in [9.17, 15) is 31.2 Å². The zero-order valence-electron chi connectivity index (χ0n) is 23.6. The minimum atomic E-state index is -4.74. The predicted octanol–water partition coefficient (Wildman–Crippen LogP) is 5.24. The first-order valence-corrected chi connectivity index (χ1v) is 14.8. The lowest BCUT2D eigenvalue weighted by atomic mass is 10.1. The molecule has 0 aliphatic rings. The van der Waals surface area contributed by atoms with Gasteiger partial charge in [-0.25, -0.2) is 8.42 Å². The number of methoxy groups -OCH3 is 1. The van der Waals surface area contributed by atoms with E-state index in [-0.39, 0.29) is 17.1 Å². The second-order valence-corrected chi connectivity index (χ2v) is 11.4. The fourth-order valence-electron chi connectivity index (χ4n) is 4.17. The number of rotatable bonds is 13. The number of sulfonamides is 1. The molecule has 0 saturated heterocycles. The molecule has 42 heavy (non-hydrogen) atoms. The van der Waals surface area contributed by atoms with Gasteiger partial charge in [0.25, 0.3) is 10.0 Å². The monoisotopic (exact) mass is 605 g/mol. The summed E-state index contributed by atoms with van der Waals surface area (Å²) in [6, 6.07) is 16.7. The van der Waals surface area contributed by atoms with Gasteiger partial charge in [0.2, 0.25) is 11.8 Å². The Morgan fingerprint density at radius 2 is 1.67 bits per heavy atom. The minimum Gasteiger partial charge on any atom is -0.497 e. The van der Waals surface area contributed by atoms with Crippen molar-refractivity contribution in [2.45, 2.75) is 50.3 Å². The number of nitrogens with one attached hydrogen (secondary N) is 1. The highest BCUT2D eigenvalue weighted by molar-refractivity contribution is 7.92. The van der Waals surface area contributed by atoms with Gasteiger partial charge in [-0.05, 0) is 61.4 Å². The molecular weight excluding hydrogens is 571 g/mol. The molecule has 0 aliphatic heterocycles. The van der Waals surface area contributed by atoms with Gasteiger partial charge in [-0.3, -0.25) is 13.9 Å². The molecule has 3 aromatic carbocycles. The molecule has 1 N–H and O–H groups in total. The van der Waals surface area contributed by atoms with E-state index in [0.29, 0.717) is 28.2 Å². The van der Waals surface area contributed by atoms with Crippen molar-refractivity contribution in [3.8, 4) is 5.75 Å². The molecule has 226 valence electrons. The number of halogens is 3. The van der Waals surface area contributed by atoms with Gasteiger partial charge >= 0.3 is 6.18 Å². The highest BCUT2D eigenvalue weighted by Gasteiger charge is 2.35. The molecule has 0 aromatic heterocycles. The second kappa shape index (κ2) is 14.2. The summed E-state index contributed by atoms with van der Waals surface area (Å²) >= 11 is 0. The van der Waals surface area contributed by atoms with Crippen molar-refractivity contribution in [1.82, 2.24) is 10.2 Å². The van der Waals surface area contributed by atoms with E-state index in [0.717, 1.165) is 25.0 Å². The van der Waals surface area contributed by atoms with Crippen LogP contribution in [0.4, 0.5) is 18.9 Å². The molecule has 12 heteroatoms. The van der Waals surface area contributed by atoms with E-state index in [1.54, 1.807) is 30.3 Å². The molecule has 0 bridgehead atoms. The fourth-order valence-corrected chi connectivity index (χ4v) is 5.60. The van der Waals surface area contributed by atoms with Gasteiger partial charge in [-0.2, -0.15) is 13.2 Å². The van der Waals surface area contributed by atoms with Crippen LogP contribution in [0.2, 0.25) is 0 Å². The first-order valence-electron chi connectivity index (χ1n) is 13.3. The number of ether oxygens (including phenoxy) is 1. The highest BCUT2D eigenvalue weighted by Crippen LogP contribution is 2.33. The first-order chi connectivity index (χ1) is 19.9. The number of hydrogen-bond donors (Lipinski definition) is 1. The van der Waals surface area contributed by atoms with Crippen molar-refractivity contribution in [2.75, 3.05) is 24.5 Å². The molecule has 2 amide bonds. The molecule has 0 heterocycles. The van der Waals surface area contributed by atoms with Crippen LogP contribution >= 0.6 is 0 Å². The van der Waals surface area contributed by atoms with E-state index in [1.807, 2.05) is 6.92 Å². The van der Waals surface area contributed by atoms with Crippen molar-refractivity contribution >= 4 is 27.5 Å². The van der Waals surface area contributed by atoms with Crippen molar-refractivity contribution in [3.05, 3.63) is 90.0 Å². The lowest BCUT2D eigenvalue weighted by Gasteiger charge is -2.32. The smallest absolute Gasteiger partial charge is 0.416 e. The zero-order valence-corrected chi connectivity index (χ0v) is 24.4. The summed E-state index contributed by atoms with van der Waals surface area (Å²) in [6.07, 6.45) is -3.18. The Balaban J connectivity index is 2.06. The van der Waals surface area contributed by atoms with Crippen LogP contribution in [0.3, 0.4) is 0 Å². The quantitative estimate of drug-likeness (QED) is 0.269. The zero-order chi connectivity index (χ0) is 30.9. The third-order valence-electron chi connectivity index (χ3n) is 6.56. The van der Waals surface area contributed by atoms with Crippen LogP contribution in [-0.2, 0) is 32.3 Å². The number of carbonyl (C=O) groups excluding carboxylic acids is 2. The highest BCUT2D eigenvalue weighted by atomic mass is 32.2. The predicted molar refractivity (Wildman–Crippen MR) is 153 cm³/mol. The van der Waals surface area contributed by atoms with Crippen LogP contribution < -0.4 is 14.4 Å². The summed E-state index contributed by atoms with van der Waals surface area (Å²) in [5.41, 5.74) is -0.812. The van der Waals surface area contributed by atoms with Gasteiger partial charge in [0, 0.05) is 13.1 Å². The van der Waals surface area contributed by atoms with Crippen LogP contribution in [0.5, 0.6) is 5.75 Å². The maximum atomic E-state index is 13.9. The third kappa shape index (κ3) is 8.25. The van der Waals surface area contributed by atoms with Crippen LogP contribution in [0.1, 0.15) is 37.8 Å². The summed E-state index contributed by atoms with van der Waals surface area (Å²) in [5, 5.41) is 2.78. The molecule has 8 nitrogen and oxygen atoms in total. The first kappa shape index (κ1) is 32.5. The van der Waals surface area contributed by atoms with Gasteiger partial charge in [-0.15, -0.1) is 0 Å². The van der Waals surface area contributed by atoms with Crippen molar-refractivity contribution in [3.63, 3.8) is 0 Å². The maximum absolute atomic E-state index is 13.9. The maximum Gasteiger partial charge on any atom is 0.416 e. The molecule has 0 aliphatic carbocycles. The molecule has 0 radical (unpaired) electrons. The number of amides is 2. The van der Waals surface area contributed by atoms with Crippen LogP contribution in [-0.4, -0.2) is 51.4 Å². The van der Waals surface area contributed by atoms with E-state index >= 15 is 0 Å². The normalized spacial score (nSPS) is 12.3. The Kier molecular flexibility index (Phi) is 11.0. The largest absolute Gasteiger partial charge is 0.497 e. The topological polar surface area (TPSA) is 96.0 Å². The standard InChI is InChI=1S/C30H34F3N3O5S/c1-4-5-17-34-29(38)22(2)35(20-23-11-9-14-26(18-23)41-3)28(37)21-36(42(39,40)27-15-7-6-8-16-27)25-13-10-12-24(19-25)30(31,32)33/h6-16,18-19,22H,4-5,17,20-21H2,1-3H3,(H,34,38)/t22-/m1/s1. The average molecular weight is 606 g/mol. The molecule has 3 aromatic rings. The van der Waals surface area contributed by atoms with Gasteiger partial charge < -0.3 is 15.0 Å². The SMILES string of the molecule is CCCCNC(=O)[C@@H](C)N(Cc1cccc(OC)c1)C(=O)CN(c1cccc(C(F)(F)F)c1)S(=O)(=O)c1ccccc1. The van der Waals surface area contributed by atoms with E-state index < -0.39 is 46.2 Å². The number of hydrogen-bond acceptors (Lipinski definition) is 5. The lowest BCUT2D eigenvalue weighted by molar-refractivity contribution is -0.139. The Hall–Kier alpha value is -4.06. The van der Waals surface area contributed by atoms with Gasteiger partial charge in [0.05, 0.1) is 23.3 Å². The molecule has 0 saturated carbocycles. The van der Waals surface area contributed by atoms with Gasteiger partial charge in [0.15, 0.2) is 0 Å². The molecule has 0 unspecified atom stereocenters. The minimum absolute atomic E-state index is 0.0831. The molecule has 1 atom stereocenters. The average Bonchev–Trinajstić information content (AvgIpc) is 2.98. The van der Waals surface area contributed by atoms with Crippen molar-refractivity contribution < 1.29 is 35.9 Å². The number of unbranched alkanes of at least 4 members (excludes halogenated alkanes) is 1. The Labute approximate surface area is 244 Å². The van der Waals surface area contributed by atoms with E-state index in [1.165, 1.54) is 49.3 Å². The van der Waals surface area contributed by atoms with Crippen molar-refractivity contribution in [1.29, 1.82) is 0 Å². The van der Waals surface area contributed by atoms with Crippen LogP contribution in [0.25, 0.3) is 0 Å². The summed E-state index contributed by atoms with van der Waals surface area (Å²) in [4.78, 5) is 27.9. The summed E-state index contributed by atoms with van der Waals surface area (Å²) < 4.78 is 74.1. The Morgan fingerprint density at radius 3 is 2.31 bits per heavy atom.